The van der Waals surface area contributed by atoms with Gasteiger partial charge < -0.3 is 0 Å². The Morgan fingerprint density at radius 1 is 0.455 bits per heavy atom. The van der Waals surface area contributed by atoms with Crippen molar-refractivity contribution in [3.63, 3.8) is 0 Å². The van der Waals surface area contributed by atoms with Gasteiger partial charge >= 0.3 is 0 Å². The molecule has 3 aliphatic carbocycles. The first kappa shape index (κ1) is 16.6. The molecule has 3 fully saturated rings. The summed E-state index contributed by atoms with van der Waals surface area (Å²) in [5.41, 5.74) is 0. The van der Waals surface area contributed by atoms with Crippen molar-refractivity contribution >= 4 is 0 Å². The van der Waals surface area contributed by atoms with E-state index in [9.17, 15) is 13.2 Å². The average molecular weight is 317 g/mol. The van der Waals surface area contributed by atoms with Crippen LogP contribution in [0.15, 0.2) is 0 Å². The van der Waals surface area contributed by atoms with E-state index >= 15 is 0 Å². The molecule has 0 heterocycles. The molecule has 22 heavy (non-hydrogen) atoms. The molecular formula is C18H30F3N. The second kappa shape index (κ2) is 7.55. The van der Waals surface area contributed by atoms with Gasteiger partial charge in [0.05, 0.1) is 0 Å². The van der Waals surface area contributed by atoms with Gasteiger partial charge in [-0.05, 0) is 38.5 Å². The van der Waals surface area contributed by atoms with Crippen LogP contribution in [0.4, 0.5) is 13.2 Å². The summed E-state index contributed by atoms with van der Waals surface area (Å²) < 4.78 is 43.7. The van der Waals surface area contributed by atoms with Crippen molar-refractivity contribution in [3.05, 3.63) is 0 Å². The molecular weight excluding hydrogens is 287 g/mol. The van der Waals surface area contributed by atoms with Gasteiger partial charge in [0.15, 0.2) is 0 Å². The van der Waals surface area contributed by atoms with Crippen molar-refractivity contribution in [1.82, 2.24) is 4.90 Å². The van der Waals surface area contributed by atoms with Crippen LogP contribution in [0.1, 0.15) is 77.0 Å². The summed E-state index contributed by atoms with van der Waals surface area (Å²) >= 11 is 0. The van der Waals surface area contributed by atoms with Gasteiger partial charge in [0, 0.05) is 18.1 Å². The van der Waals surface area contributed by atoms with Crippen LogP contribution in [0.2, 0.25) is 0 Å². The molecule has 0 aromatic rings. The first-order chi connectivity index (χ1) is 10.7. The zero-order valence-electron chi connectivity index (χ0n) is 13.5. The molecule has 0 spiro atoms. The van der Waals surface area contributed by atoms with E-state index in [1.807, 2.05) is 4.90 Å². The van der Waals surface area contributed by atoms with Crippen LogP contribution in [-0.4, -0.2) is 41.5 Å². The van der Waals surface area contributed by atoms with Crippen molar-refractivity contribution in [1.29, 1.82) is 0 Å². The average Bonchev–Trinajstić information content (AvgIpc) is 2.53. The maximum atomic E-state index is 14.6. The fraction of sp³-hybridized carbons (Fsp3) is 1.00. The molecule has 1 nitrogen and oxygen atoms in total. The molecule has 6 unspecified atom stereocenters. The summed E-state index contributed by atoms with van der Waals surface area (Å²) in [5.74, 6) is 0. The lowest BCUT2D eigenvalue weighted by molar-refractivity contribution is -0.0623. The largest absolute Gasteiger partial charge is 0.286 e. The van der Waals surface area contributed by atoms with Crippen LogP contribution in [-0.2, 0) is 0 Å². The van der Waals surface area contributed by atoms with E-state index in [1.54, 1.807) is 0 Å². The van der Waals surface area contributed by atoms with E-state index in [4.69, 9.17) is 0 Å². The van der Waals surface area contributed by atoms with Gasteiger partial charge in [0.25, 0.3) is 0 Å². The van der Waals surface area contributed by atoms with Gasteiger partial charge in [0.1, 0.15) is 18.5 Å². The minimum absolute atomic E-state index is 0.253. The highest BCUT2D eigenvalue weighted by molar-refractivity contribution is 4.98. The van der Waals surface area contributed by atoms with E-state index in [1.165, 1.54) is 0 Å². The van der Waals surface area contributed by atoms with Crippen molar-refractivity contribution in [2.75, 3.05) is 0 Å². The molecule has 0 radical (unpaired) electrons. The minimum atomic E-state index is -0.906. The number of alkyl halides is 3. The highest BCUT2D eigenvalue weighted by Gasteiger charge is 2.44. The second-order valence-electron chi connectivity index (χ2n) is 7.55. The lowest BCUT2D eigenvalue weighted by Gasteiger charge is -2.49. The third-order valence-electron chi connectivity index (χ3n) is 6.09. The van der Waals surface area contributed by atoms with Crippen LogP contribution in [0.3, 0.4) is 0 Å². The number of hydrogen-bond acceptors (Lipinski definition) is 1. The van der Waals surface area contributed by atoms with Gasteiger partial charge in [-0.3, -0.25) is 4.90 Å². The molecule has 0 bridgehead atoms. The Morgan fingerprint density at radius 2 is 0.727 bits per heavy atom. The quantitative estimate of drug-likeness (QED) is 0.697. The second-order valence-corrected chi connectivity index (χ2v) is 7.55. The lowest BCUT2D eigenvalue weighted by Crippen LogP contribution is -2.60. The first-order valence-corrected chi connectivity index (χ1v) is 9.38. The summed E-state index contributed by atoms with van der Waals surface area (Å²) in [6, 6.07) is -0.760. The van der Waals surface area contributed by atoms with Crippen LogP contribution in [0.5, 0.6) is 0 Å². The molecule has 4 heteroatoms. The molecule has 0 amide bonds. The molecule has 0 N–H and O–H groups in total. The van der Waals surface area contributed by atoms with E-state index in [-0.39, 0.29) is 18.1 Å². The zero-order chi connectivity index (χ0) is 15.5. The molecule has 0 saturated heterocycles. The Bertz CT molecular complexity index is 299. The summed E-state index contributed by atoms with van der Waals surface area (Å²) in [7, 11) is 0. The highest BCUT2D eigenvalue weighted by Crippen LogP contribution is 2.38. The summed E-state index contributed by atoms with van der Waals surface area (Å²) in [4.78, 5) is 2.01. The van der Waals surface area contributed by atoms with E-state index in [0.29, 0.717) is 19.3 Å². The number of rotatable bonds is 3. The van der Waals surface area contributed by atoms with Crippen LogP contribution >= 0.6 is 0 Å². The Morgan fingerprint density at radius 3 is 1.00 bits per heavy atom. The monoisotopic (exact) mass is 317 g/mol. The lowest BCUT2D eigenvalue weighted by atomic mass is 9.82. The normalized spacial score (nSPS) is 44.2. The summed E-state index contributed by atoms with van der Waals surface area (Å²) in [5, 5.41) is 0. The summed E-state index contributed by atoms with van der Waals surface area (Å²) in [6.45, 7) is 0. The Kier molecular flexibility index (Phi) is 5.69. The minimum Gasteiger partial charge on any atom is -0.286 e. The molecule has 0 aliphatic heterocycles. The first-order valence-electron chi connectivity index (χ1n) is 9.38. The fourth-order valence-corrected chi connectivity index (χ4v) is 4.94. The summed E-state index contributed by atoms with van der Waals surface area (Å²) in [6.07, 6.45) is 7.02. The Labute approximate surface area is 132 Å². The Hall–Kier alpha value is -0.250. The van der Waals surface area contributed by atoms with Gasteiger partial charge in [0.2, 0.25) is 0 Å². The van der Waals surface area contributed by atoms with Crippen LogP contribution < -0.4 is 0 Å². The maximum absolute atomic E-state index is 14.6. The van der Waals surface area contributed by atoms with Gasteiger partial charge in [-0.1, -0.05) is 38.5 Å². The topological polar surface area (TPSA) is 3.24 Å². The van der Waals surface area contributed by atoms with Crippen molar-refractivity contribution < 1.29 is 13.2 Å². The van der Waals surface area contributed by atoms with Crippen LogP contribution in [0.25, 0.3) is 0 Å². The third-order valence-corrected chi connectivity index (χ3v) is 6.09. The van der Waals surface area contributed by atoms with Gasteiger partial charge in [-0.25, -0.2) is 13.2 Å². The van der Waals surface area contributed by atoms with Gasteiger partial charge in [-0.15, -0.1) is 0 Å². The Balaban J connectivity index is 1.83. The number of halogens is 3. The van der Waals surface area contributed by atoms with E-state index < -0.39 is 18.5 Å². The standard InChI is InChI=1S/C18H30F3N/c19-13-7-1-4-10-16(13)22(17-11-5-2-8-14(17)20)18-12-6-3-9-15(18)21/h13-18H,1-12H2. The molecule has 128 valence electrons. The predicted molar refractivity (Wildman–Crippen MR) is 83.3 cm³/mol. The number of hydrogen-bond donors (Lipinski definition) is 0. The predicted octanol–water partition coefficient (Wildman–Crippen LogP) is 5.13. The van der Waals surface area contributed by atoms with E-state index in [0.717, 1.165) is 57.8 Å². The fourth-order valence-electron chi connectivity index (χ4n) is 4.94. The molecule has 0 aromatic carbocycles. The van der Waals surface area contributed by atoms with Crippen molar-refractivity contribution in [3.8, 4) is 0 Å². The van der Waals surface area contributed by atoms with E-state index in [2.05, 4.69) is 0 Å². The molecule has 3 aliphatic rings. The molecule has 0 aromatic heterocycles. The molecule has 6 atom stereocenters. The van der Waals surface area contributed by atoms with Crippen molar-refractivity contribution in [2.24, 2.45) is 0 Å². The third kappa shape index (κ3) is 3.47. The highest BCUT2D eigenvalue weighted by atomic mass is 19.1. The van der Waals surface area contributed by atoms with Crippen molar-refractivity contribution in [2.45, 2.75) is 114 Å². The zero-order valence-corrected chi connectivity index (χ0v) is 13.5. The molecule has 3 saturated carbocycles. The SMILES string of the molecule is FC1CCCCC1N(C1CCCCC1F)C1CCCCC1F. The smallest absolute Gasteiger partial charge is 0.116 e. The maximum Gasteiger partial charge on any atom is 0.116 e. The van der Waals surface area contributed by atoms with Crippen LogP contribution in [0, 0.1) is 0 Å². The number of nitrogens with zero attached hydrogens (tertiary/aromatic N) is 1. The van der Waals surface area contributed by atoms with Gasteiger partial charge in [-0.2, -0.15) is 0 Å². The molecule has 3 rings (SSSR count).